The minimum absolute atomic E-state index is 0.0145. The Kier molecular flexibility index (Phi) is 7.82. The summed E-state index contributed by atoms with van der Waals surface area (Å²) in [4.78, 5) is 16.4. The van der Waals surface area contributed by atoms with Gasteiger partial charge in [-0.3, -0.25) is 9.69 Å². The number of aromatic nitrogens is 4. The highest BCUT2D eigenvalue weighted by atomic mass is 35.5. The lowest BCUT2D eigenvalue weighted by Crippen LogP contribution is -2.43. The Hall–Kier alpha value is -2.81. The summed E-state index contributed by atoms with van der Waals surface area (Å²) in [5.41, 5.74) is 2.06. The van der Waals surface area contributed by atoms with Crippen LogP contribution in [0.5, 0.6) is 0 Å². The first-order valence-corrected chi connectivity index (χ1v) is 11.2. The number of nitrogens with one attached hydrogen (secondary N) is 1. The number of hydrogen-bond acceptors (Lipinski definition) is 6. The van der Waals surface area contributed by atoms with Crippen LogP contribution in [0, 0.1) is 0 Å². The number of carbonyl (C=O) groups excluding carboxylic acids is 1. The van der Waals surface area contributed by atoms with Gasteiger partial charge in [-0.1, -0.05) is 54.1 Å². The van der Waals surface area contributed by atoms with Crippen LogP contribution in [0.3, 0.4) is 0 Å². The van der Waals surface area contributed by atoms with E-state index in [0.717, 1.165) is 24.2 Å². The number of rotatable bonds is 9. The average molecular weight is 455 g/mol. The third-order valence-electron chi connectivity index (χ3n) is 5.48. The molecule has 1 amide bonds. The number of hydrogen-bond donors (Lipinski definition) is 1. The fourth-order valence-electron chi connectivity index (χ4n) is 3.75. The minimum Gasteiger partial charge on any atom is -0.379 e. The molecule has 1 saturated heterocycles. The lowest BCUT2D eigenvalue weighted by Gasteiger charge is -2.35. The highest BCUT2D eigenvalue weighted by Crippen LogP contribution is 2.23. The minimum atomic E-state index is 0.0145. The monoisotopic (exact) mass is 454 g/mol. The molecule has 168 valence electrons. The summed E-state index contributed by atoms with van der Waals surface area (Å²) >= 11 is 6.05. The first-order chi connectivity index (χ1) is 15.7. The molecule has 0 aliphatic carbocycles. The number of benzene rings is 2. The van der Waals surface area contributed by atoms with Gasteiger partial charge in [0.05, 0.1) is 25.8 Å². The Labute approximate surface area is 192 Å². The van der Waals surface area contributed by atoms with Crippen LogP contribution in [0.2, 0.25) is 5.02 Å². The molecule has 1 atom stereocenters. The molecule has 8 nitrogen and oxygen atoms in total. The topological polar surface area (TPSA) is 85.2 Å². The largest absolute Gasteiger partial charge is 0.379 e. The van der Waals surface area contributed by atoms with Crippen molar-refractivity contribution in [1.82, 2.24) is 30.4 Å². The molecule has 9 heteroatoms. The van der Waals surface area contributed by atoms with Crippen molar-refractivity contribution in [2.75, 3.05) is 32.8 Å². The van der Waals surface area contributed by atoms with E-state index in [4.69, 9.17) is 16.3 Å². The molecule has 1 fully saturated rings. The second-order valence-electron chi connectivity index (χ2n) is 7.70. The summed E-state index contributed by atoms with van der Waals surface area (Å²) in [6, 6.07) is 17.6. The molecule has 1 aliphatic rings. The van der Waals surface area contributed by atoms with Crippen molar-refractivity contribution >= 4 is 17.5 Å². The zero-order valence-electron chi connectivity index (χ0n) is 17.9. The van der Waals surface area contributed by atoms with Crippen molar-refractivity contribution in [3.05, 3.63) is 65.2 Å². The van der Waals surface area contributed by atoms with Gasteiger partial charge in [-0.15, -0.1) is 10.2 Å². The molecular formula is C23H27ClN6O2. The van der Waals surface area contributed by atoms with Gasteiger partial charge in [0.25, 0.3) is 0 Å². The van der Waals surface area contributed by atoms with Crippen molar-refractivity contribution < 1.29 is 9.53 Å². The molecule has 1 aromatic heterocycles. The third-order valence-corrected chi connectivity index (χ3v) is 5.73. The van der Waals surface area contributed by atoms with Gasteiger partial charge in [-0.05, 0) is 29.3 Å². The SMILES string of the molecule is O=C(CCCn1nnc(-c2ccccc2)n1)NCC(c1ccc(Cl)cc1)N1CCOCC1. The fourth-order valence-corrected chi connectivity index (χ4v) is 3.88. The maximum Gasteiger partial charge on any atom is 0.220 e. The summed E-state index contributed by atoms with van der Waals surface area (Å²) < 4.78 is 5.49. The van der Waals surface area contributed by atoms with Gasteiger partial charge in [0.15, 0.2) is 0 Å². The van der Waals surface area contributed by atoms with Crippen LogP contribution in [0.25, 0.3) is 11.4 Å². The molecule has 0 spiro atoms. The van der Waals surface area contributed by atoms with Crippen LogP contribution >= 0.6 is 11.6 Å². The molecule has 1 aliphatic heterocycles. The lowest BCUT2D eigenvalue weighted by atomic mass is 10.0. The van der Waals surface area contributed by atoms with E-state index in [2.05, 4.69) is 25.6 Å². The number of nitrogens with zero attached hydrogens (tertiary/aromatic N) is 5. The fraction of sp³-hybridized carbons (Fsp3) is 0.391. The van der Waals surface area contributed by atoms with E-state index in [9.17, 15) is 4.79 Å². The van der Waals surface area contributed by atoms with E-state index < -0.39 is 0 Å². The molecule has 2 heterocycles. The van der Waals surface area contributed by atoms with Crippen LogP contribution < -0.4 is 5.32 Å². The molecule has 3 aromatic rings. The van der Waals surface area contributed by atoms with Gasteiger partial charge >= 0.3 is 0 Å². The van der Waals surface area contributed by atoms with Gasteiger partial charge < -0.3 is 10.1 Å². The van der Waals surface area contributed by atoms with Gasteiger partial charge in [0, 0.05) is 36.6 Å². The highest BCUT2D eigenvalue weighted by Gasteiger charge is 2.23. The van der Waals surface area contributed by atoms with Crippen LogP contribution in [0.15, 0.2) is 54.6 Å². The van der Waals surface area contributed by atoms with E-state index in [1.807, 2.05) is 54.6 Å². The standard InChI is InChI=1S/C23H27ClN6O2/c24-20-10-8-18(9-11-20)21(29-13-15-32-16-14-29)17-25-22(31)7-4-12-30-27-23(26-28-30)19-5-2-1-3-6-19/h1-3,5-6,8-11,21H,4,7,12-17H2,(H,25,31). The second-order valence-corrected chi connectivity index (χ2v) is 8.13. The first-order valence-electron chi connectivity index (χ1n) is 10.9. The van der Waals surface area contributed by atoms with Gasteiger partial charge in [-0.25, -0.2) is 0 Å². The van der Waals surface area contributed by atoms with Crippen LogP contribution in [-0.4, -0.2) is 63.9 Å². The Bertz CT molecular complexity index is 989. The number of tetrazole rings is 1. The quantitative estimate of drug-likeness (QED) is 0.535. The van der Waals surface area contributed by atoms with Crippen molar-refractivity contribution in [3.8, 4) is 11.4 Å². The molecule has 32 heavy (non-hydrogen) atoms. The number of carbonyl (C=O) groups is 1. The number of amides is 1. The number of halogens is 1. The molecular weight excluding hydrogens is 428 g/mol. The van der Waals surface area contributed by atoms with E-state index >= 15 is 0 Å². The normalized spacial score (nSPS) is 15.4. The summed E-state index contributed by atoms with van der Waals surface area (Å²) in [6.45, 7) is 4.16. The molecule has 0 bridgehead atoms. The second kappa shape index (κ2) is 11.2. The molecule has 4 rings (SSSR count). The summed E-state index contributed by atoms with van der Waals surface area (Å²) in [6.07, 6.45) is 1.04. The Morgan fingerprint density at radius 1 is 1.09 bits per heavy atom. The molecule has 1 unspecified atom stereocenters. The molecule has 0 radical (unpaired) electrons. The van der Waals surface area contributed by atoms with E-state index in [1.54, 1.807) is 4.80 Å². The summed E-state index contributed by atoms with van der Waals surface area (Å²) in [5, 5.41) is 16.4. The van der Waals surface area contributed by atoms with Crippen molar-refractivity contribution in [2.24, 2.45) is 0 Å². The number of morpholine rings is 1. The maximum atomic E-state index is 12.5. The van der Waals surface area contributed by atoms with Crippen LogP contribution in [0.1, 0.15) is 24.4 Å². The Morgan fingerprint density at radius 3 is 2.59 bits per heavy atom. The zero-order chi connectivity index (χ0) is 22.2. The zero-order valence-corrected chi connectivity index (χ0v) is 18.6. The Morgan fingerprint density at radius 2 is 1.84 bits per heavy atom. The highest BCUT2D eigenvalue weighted by molar-refractivity contribution is 6.30. The van der Waals surface area contributed by atoms with Crippen LogP contribution in [0.4, 0.5) is 0 Å². The predicted octanol–water partition coefficient (Wildman–Crippen LogP) is 2.96. The van der Waals surface area contributed by atoms with E-state index in [0.29, 0.717) is 50.0 Å². The van der Waals surface area contributed by atoms with Crippen LogP contribution in [-0.2, 0) is 16.1 Å². The van der Waals surface area contributed by atoms with E-state index in [1.165, 1.54) is 0 Å². The van der Waals surface area contributed by atoms with E-state index in [-0.39, 0.29) is 11.9 Å². The van der Waals surface area contributed by atoms with Gasteiger partial charge in [0.1, 0.15) is 0 Å². The number of aryl methyl sites for hydroxylation is 1. The van der Waals surface area contributed by atoms with Crippen molar-refractivity contribution in [3.63, 3.8) is 0 Å². The van der Waals surface area contributed by atoms with Gasteiger partial charge in [0.2, 0.25) is 11.7 Å². The Balaban J connectivity index is 1.27. The average Bonchev–Trinajstić information content (AvgIpc) is 3.31. The lowest BCUT2D eigenvalue weighted by molar-refractivity contribution is -0.121. The molecule has 1 N–H and O–H groups in total. The van der Waals surface area contributed by atoms with Gasteiger partial charge in [-0.2, -0.15) is 4.80 Å². The number of ether oxygens (including phenoxy) is 1. The summed E-state index contributed by atoms with van der Waals surface area (Å²) in [5.74, 6) is 0.604. The predicted molar refractivity (Wildman–Crippen MR) is 122 cm³/mol. The van der Waals surface area contributed by atoms with Crippen molar-refractivity contribution in [1.29, 1.82) is 0 Å². The maximum absolute atomic E-state index is 12.5. The third kappa shape index (κ3) is 6.12. The van der Waals surface area contributed by atoms with Crippen molar-refractivity contribution in [2.45, 2.75) is 25.4 Å². The smallest absolute Gasteiger partial charge is 0.220 e. The summed E-state index contributed by atoms with van der Waals surface area (Å²) in [7, 11) is 0. The molecule has 0 saturated carbocycles. The molecule has 2 aromatic carbocycles. The first kappa shape index (κ1) is 22.4.